The lowest BCUT2D eigenvalue weighted by atomic mass is 10.0. The van der Waals surface area contributed by atoms with Crippen LogP contribution in [0, 0.1) is 18.6 Å². The van der Waals surface area contributed by atoms with E-state index in [1.165, 1.54) is 6.07 Å². The van der Waals surface area contributed by atoms with Crippen molar-refractivity contribution in [1.82, 2.24) is 0 Å². The molecule has 0 heterocycles. The summed E-state index contributed by atoms with van der Waals surface area (Å²) >= 11 is 5.55. The summed E-state index contributed by atoms with van der Waals surface area (Å²) in [6.07, 6.45) is 2.12. The molecule has 0 bridgehead atoms. The van der Waals surface area contributed by atoms with E-state index in [4.69, 9.17) is 17.3 Å². The van der Waals surface area contributed by atoms with E-state index in [2.05, 4.69) is 0 Å². The average molecular weight is 278 g/mol. The number of rotatable bonds is 4. The predicted molar refractivity (Wildman–Crippen MR) is 74.0 cm³/mol. The highest BCUT2D eigenvalue weighted by Crippen LogP contribution is 2.26. The van der Waals surface area contributed by atoms with Crippen molar-refractivity contribution in [2.45, 2.75) is 53.0 Å². The third kappa shape index (κ3) is 4.91. The molecule has 1 rings (SSSR count). The van der Waals surface area contributed by atoms with Crippen LogP contribution in [0.5, 0.6) is 0 Å². The van der Waals surface area contributed by atoms with Gasteiger partial charge in [0.2, 0.25) is 0 Å². The lowest BCUT2D eigenvalue weighted by molar-refractivity contribution is 0.556. The molecule has 1 nitrogen and oxygen atoms in total. The van der Waals surface area contributed by atoms with Crippen LogP contribution in [-0.2, 0) is 6.42 Å². The first-order chi connectivity index (χ1) is 8.43. The lowest BCUT2D eigenvalue weighted by Crippen LogP contribution is -2.14. The van der Waals surface area contributed by atoms with E-state index >= 15 is 0 Å². The van der Waals surface area contributed by atoms with Gasteiger partial charge in [0.05, 0.1) is 0 Å². The van der Waals surface area contributed by atoms with Gasteiger partial charge in [-0.15, -0.1) is 0 Å². The molecule has 0 spiro atoms. The standard InChI is InChI=1S/C12H16ClF2N.C2H6/c1-7-6-9(5-3-4-8(2)16)12(15)10(13)11(7)14;1-2/h6,8H,3-5,16H2,1-2H3;1-2H3/t8-;/m0./s1. The van der Waals surface area contributed by atoms with Crippen LogP contribution in [0.2, 0.25) is 5.02 Å². The molecule has 4 heteroatoms. The van der Waals surface area contributed by atoms with Crippen LogP contribution in [0.1, 0.15) is 44.7 Å². The van der Waals surface area contributed by atoms with Gasteiger partial charge < -0.3 is 5.73 Å². The zero-order valence-corrected chi connectivity index (χ0v) is 12.2. The molecule has 1 aromatic carbocycles. The predicted octanol–water partition coefficient (Wildman–Crippen LogP) is 4.62. The molecule has 0 fully saturated rings. The molecule has 0 aliphatic heterocycles. The normalized spacial score (nSPS) is 11.8. The van der Waals surface area contributed by atoms with Crippen molar-refractivity contribution >= 4 is 11.6 Å². The quantitative estimate of drug-likeness (QED) is 0.798. The Morgan fingerprint density at radius 2 is 1.83 bits per heavy atom. The molecule has 0 saturated heterocycles. The van der Waals surface area contributed by atoms with Crippen molar-refractivity contribution in [3.05, 3.63) is 33.9 Å². The Bertz CT molecular complexity index is 379. The fourth-order valence-corrected chi connectivity index (χ4v) is 1.87. The van der Waals surface area contributed by atoms with Crippen LogP contribution in [0.25, 0.3) is 0 Å². The number of benzene rings is 1. The summed E-state index contributed by atoms with van der Waals surface area (Å²) in [4.78, 5) is 0. The minimum atomic E-state index is -0.671. The molecule has 0 aliphatic rings. The highest BCUT2D eigenvalue weighted by atomic mass is 35.5. The maximum Gasteiger partial charge on any atom is 0.147 e. The maximum absolute atomic E-state index is 13.6. The molecular weight excluding hydrogens is 256 g/mol. The van der Waals surface area contributed by atoms with Gasteiger partial charge in [0.15, 0.2) is 0 Å². The smallest absolute Gasteiger partial charge is 0.147 e. The molecule has 18 heavy (non-hydrogen) atoms. The zero-order chi connectivity index (χ0) is 14.3. The number of halogens is 3. The van der Waals surface area contributed by atoms with Crippen LogP contribution < -0.4 is 5.73 Å². The zero-order valence-electron chi connectivity index (χ0n) is 11.5. The van der Waals surface area contributed by atoms with E-state index < -0.39 is 16.7 Å². The summed E-state index contributed by atoms with van der Waals surface area (Å²) in [6.45, 7) is 7.48. The SMILES string of the molecule is CC.Cc1cc(CCC[C@H](C)N)c(F)c(Cl)c1F. The topological polar surface area (TPSA) is 26.0 Å². The monoisotopic (exact) mass is 277 g/mol. The van der Waals surface area contributed by atoms with E-state index in [9.17, 15) is 8.78 Å². The maximum atomic E-state index is 13.6. The van der Waals surface area contributed by atoms with Gasteiger partial charge in [-0.2, -0.15) is 0 Å². The minimum absolute atomic E-state index is 0.0973. The van der Waals surface area contributed by atoms with Gasteiger partial charge >= 0.3 is 0 Å². The fourth-order valence-electron chi connectivity index (χ4n) is 1.59. The first-order valence-electron chi connectivity index (χ1n) is 6.32. The Balaban J connectivity index is 0.00000137. The summed E-state index contributed by atoms with van der Waals surface area (Å²) in [5.41, 5.74) is 6.44. The Hall–Kier alpha value is -0.670. The highest BCUT2D eigenvalue weighted by Gasteiger charge is 2.14. The van der Waals surface area contributed by atoms with Crippen molar-refractivity contribution < 1.29 is 8.78 Å². The van der Waals surface area contributed by atoms with Crippen molar-refractivity contribution in [3.8, 4) is 0 Å². The minimum Gasteiger partial charge on any atom is -0.328 e. The molecule has 1 atom stereocenters. The van der Waals surface area contributed by atoms with E-state index in [-0.39, 0.29) is 6.04 Å². The number of hydrogen-bond acceptors (Lipinski definition) is 1. The summed E-state index contributed by atoms with van der Waals surface area (Å²) in [5, 5.41) is -0.407. The van der Waals surface area contributed by atoms with Gasteiger partial charge in [0.25, 0.3) is 0 Å². The van der Waals surface area contributed by atoms with Gasteiger partial charge in [-0.05, 0) is 44.2 Å². The highest BCUT2D eigenvalue weighted by molar-refractivity contribution is 6.31. The van der Waals surface area contributed by atoms with Crippen molar-refractivity contribution in [2.75, 3.05) is 0 Å². The van der Waals surface area contributed by atoms with Crippen LogP contribution in [-0.4, -0.2) is 6.04 Å². The van der Waals surface area contributed by atoms with Gasteiger partial charge in [-0.3, -0.25) is 0 Å². The summed E-state index contributed by atoms with van der Waals surface area (Å²) in [5.74, 6) is -1.32. The number of aryl methyl sites for hydroxylation is 2. The third-order valence-corrected chi connectivity index (χ3v) is 2.84. The van der Waals surface area contributed by atoms with Gasteiger partial charge in [0, 0.05) is 6.04 Å². The second-order valence-electron chi connectivity index (χ2n) is 4.16. The van der Waals surface area contributed by atoms with Crippen LogP contribution in [0.15, 0.2) is 6.07 Å². The van der Waals surface area contributed by atoms with Crippen molar-refractivity contribution in [1.29, 1.82) is 0 Å². The molecule has 0 aliphatic carbocycles. The molecule has 2 N–H and O–H groups in total. The van der Waals surface area contributed by atoms with E-state index in [0.717, 1.165) is 12.8 Å². The van der Waals surface area contributed by atoms with Gasteiger partial charge in [0.1, 0.15) is 16.7 Å². The lowest BCUT2D eigenvalue weighted by Gasteiger charge is -2.09. The van der Waals surface area contributed by atoms with E-state index in [0.29, 0.717) is 17.5 Å². The summed E-state index contributed by atoms with van der Waals surface area (Å²) < 4.78 is 26.8. The van der Waals surface area contributed by atoms with Crippen molar-refractivity contribution in [3.63, 3.8) is 0 Å². The summed E-state index contributed by atoms with van der Waals surface area (Å²) in [7, 11) is 0. The second-order valence-corrected chi connectivity index (χ2v) is 4.54. The number of hydrogen-bond donors (Lipinski definition) is 1. The average Bonchev–Trinajstić information content (AvgIpc) is 2.35. The second kappa shape index (κ2) is 8.44. The Morgan fingerprint density at radius 1 is 1.28 bits per heavy atom. The molecule has 0 radical (unpaired) electrons. The van der Waals surface area contributed by atoms with Crippen molar-refractivity contribution in [2.24, 2.45) is 5.73 Å². The van der Waals surface area contributed by atoms with Crippen LogP contribution in [0.3, 0.4) is 0 Å². The molecule has 0 unspecified atom stereocenters. The molecule has 1 aromatic rings. The largest absolute Gasteiger partial charge is 0.328 e. The van der Waals surface area contributed by atoms with Gasteiger partial charge in [-0.1, -0.05) is 31.5 Å². The third-order valence-electron chi connectivity index (χ3n) is 2.51. The van der Waals surface area contributed by atoms with E-state index in [1.54, 1.807) is 6.92 Å². The molecule has 0 saturated carbocycles. The van der Waals surface area contributed by atoms with E-state index in [1.807, 2.05) is 20.8 Å². The summed E-state index contributed by atoms with van der Waals surface area (Å²) in [6, 6.07) is 1.61. The van der Waals surface area contributed by atoms with Gasteiger partial charge in [-0.25, -0.2) is 8.78 Å². The van der Waals surface area contributed by atoms with Crippen LogP contribution >= 0.6 is 11.6 Å². The molecular formula is C14H22ClF2N. The Kier molecular flexibility index (Phi) is 8.12. The van der Waals surface area contributed by atoms with Crippen LogP contribution in [0.4, 0.5) is 8.78 Å². The Labute approximate surface area is 113 Å². The first kappa shape index (κ1) is 17.3. The first-order valence-corrected chi connectivity index (χ1v) is 6.69. The molecule has 104 valence electrons. The fraction of sp³-hybridized carbons (Fsp3) is 0.571. The number of nitrogens with two attached hydrogens (primary N) is 1. The molecule has 0 amide bonds. The Morgan fingerprint density at radius 3 is 2.33 bits per heavy atom. The molecule has 0 aromatic heterocycles.